The highest BCUT2D eigenvalue weighted by Crippen LogP contribution is 2.25. The molecule has 1 aliphatic heterocycles. The fourth-order valence-corrected chi connectivity index (χ4v) is 4.69. The zero-order valence-corrected chi connectivity index (χ0v) is 20.4. The summed E-state index contributed by atoms with van der Waals surface area (Å²) in [4.78, 5) is 14.5. The van der Waals surface area contributed by atoms with E-state index in [2.05, 4.69) is 37.7 Å². The number of hydrogen-bond donors (Lipinski definition) is 1. The number of piperidine rings is 1. The van der Waals surface area contributed by atoms with Crippen LogP contribution < -0.4 is 15.5 Å². The predicted molar refractivity (Wildman–Crippen MR) is 135 cm³/mol. The van der Waals surface area contributed by atoms with Crippen LogP contribution in [-0.2, 0) is 12.8 Å². The van der Waals surface area contributed by atoms with Gasteiger partial charge in [-0.2, -0.15) is 13.2 Å². The molecule has 1 atom stereocenters. The molecule has 1 aliphatic rings. The third kappa shape index (κ3) is 7.89. The van der Waals surface area contributed by atoms with Crippen molar-refractivity contribution in [3.63, 3.8) is 0 Å². The molecule has 1 amide bonds. The smallest absolute Gasteiger partial charge is 0.405 e. The van der Waals surface area contributed by atoms with Crippen LogP contribution in [0.4, 0.5) is 13.2 Å². The number of rotatable bonds is 10. The molecule has 35 heavy (non-hydrogen) atoms. The molecule has 4 nitrogen and oxygen atoms in total. The van der Waals surface area contributed by atoms with Crippen LogP contribution in [0.3, 0.4) is 0 Å². The Morgan fingerprint density at radius 1 is 1.26 bits per heavy atom. The van der Waals surface area contributed by atoms with E-state index in [0.29, 0.717) is 12.3 Å². The summed E-state index contributed by atoms with van der Waals surface area (Å²) in [7, 11) is 3.82. The van der Waals surface area contributed by atoms with E-state index in [-0.39, 0.29) is 11.6 Å². The van der Waals surface area contributed by atoms with E-state index in [1.54, 1.807) is 19.2 Å². The van der Waals surface area contributed by atoms with Gasteiger partial charge in [-0.25, -0.2) is 0 Å². The maximum absolute atomic E-state index is 12.4. The van der Waals surface area contributed by atoms with Crippen LogP contribution in [0.25, 0.3) is 0 Å². The molecule has 0 bridgehead atoms. The second-order valence-corrected chi connectivity index (χ2v) is 9.04. The number of carbonyl (C=O) groups is 1. The molecule has 1 saturated heterocycles. The Balaban J connectivity index is 1.57. The van der Waals surface area contributed by atoms with Crippen LogP contribution >= 0.6 is 0 Å². The van der Waals surface area contributed by atoms with Crippen LogP contribution in [0.5, 0.6) is 5.75 Å². The standard InChI is InChI=1S/C27H33BF3N2O2/c1-4-23(16-20-6-5-7-21(15-20)26(34)32-18-27(29,30)31)33-12-10-19(11-13-33)14-22-17-24(35-3)8-9-25(22)28-2/h4-9,15,17,19,23H,1,10-14,16,18H2,2-3H3,(H,32,34). The first-order valence-electron chi connectivity index (χ1n) is 12.0. The Hall–Kier alpha value is -2.74. The van der Waals surface area contributed by atoms with Gasteiger partial charge < -0.3 is 10.1 Å². The van der Waals surface area contributed by atoms with Crippen LogP contribution in [0.1, 0.15) is 34.3 Å². The number of benzene rings is 2. The zero-order valence-electron chi connectivity index (χ0n) is 20.4. The summed E-state index contributed by atoms with van der Waals surface area (Å²) in [5, 5.41) is 1.93. The third-order valence-electron chi connectivity index (χ3n) is 6.64. The summed E-state index contributed by atoms with van der Waals surface area (Å²) in [6.07, 6.45) is 1.30. The highest BCUT2D eigenvalue weighted by atomic mass is 19.4. The first-order chi connectivity index (χ1) is 16.7. The maximum Gasteiger partial charge on any atom is 0.405 e. The molecule has 1 N–H and O–H groups in total. The zero-order chi connectivity index (χ0) is 25.4. The van der Waals surface area contributed by atoms with Gasteiger partial charge in [0.05, 0.1) is 7.11 Å². The number of nitrogens with one attached hydrogen (secondary N) is 1. The van der Waals surface area contributed by atoms with E-state index in [0.717, 1.165) is 43.7 Å². The minimum Gasteiger partial charge on any atom is -0.497 e. The minimum absolute atomic E-state index is 0.0980. The van der Waals surface area contributed by atoms with Crippen molar-refractivity contribution in [2.75, 3.05) is 26.7 Å². The van der Waals surface area contributed by atoms with Gasteiger partial charge in [0.1, 0.15) is 19.6 Å². The van der Waals surface area contributed by atoms with Gasteiger partial charge in [-0.15, -0.1) is 6.58 Å². The summed E-state index contributed by atoms with van der Waals surface area (Å²) >= 11 is 0. The summed E-state index contributed by atoms with van der Waals surface area (Å²) in [5.41, 5.74) is 3.69. The topological polar surface area (TPSA) is 41.6 Å². The summed E-state index contributed by atoms with van der Waals surface area (Å²) in [6.45, 7) is 6.62. The van der Waals surface area contributed by atoms with Crippen molar-refractivity contribution >= 4 is 18.6 Å². The molecule has 0 saturated carbocycles. The number of carbonyl (C=O) groups excluding carboxylic acids is 1. The second-order valence-electron chi connectivity index (χ2n) is 9.04. The third-order valence-corrected chi connectivity index (χ3v) is 6.64. The van der Waals surface area contributed by atoms with Gasteiger partial charge in [-0.05, 0) is 74.5 Å². The van der Waals surface area contributed by atoms with Gasteiger partial charge in [0.2, 0.25) is 0 Å². The molecular formula is C27H33BF3N2O2. The number of alkyl halides is 3. The lowest BCUT2D eigenvalue weighted by atomic mass is 9.69. The van der Waals surface area contributed by atoms with E-state index < -0.39 is 18.6 Å². The van der Waals surface area contributed by atoms with Crippen LogP contribution in [0, 0.1) is 5.92 Å². The lowest BCUT2D eigenvalue weighted by Gasteiger charge is -2.36. The maximum atomic E-state index is 12.4. The average molecular weight is 485 g/mol. The highest BCUT2D eigenvalue weighted by molar-refractivity contribution is 6.52. The first kappa shape index (κ1) is 26.9. The molecule has 1 fully saturated rings. The first-order valence-corrected chi connectivity index (χ1v) is 12.0. The Bertz CT molecular complexity index is 1000. The van der Waals surface area contributed by atoms with Gasteiger partial charge >= 0.3 is 6.18 Å². The van der Waals surface area contributed by atoms with Gasteiger partial charge in [0.15, 0.2) is 0 Å². The van der Waals surface area contributed by atoms with E-state index in [4.69, 9.17) is 4.74 Å². The molecule has 1 radical (unpaired) electrons. The van der Waals surface area contributed by atoms with Gasteiger partial charge in [-0.3, -0.25) is 9.69 Å². The predicted octanol–water partition coefficient (Wildman–Crippen LogP) is 4.42. The Morgan fingerprint density at radius 2 is 2.00 bits per heavy atom. The van der Waals surface area contributed by atoms with E-state index in [1.807, 2.05) is 23.5 Å². The van der Waals surface area contributed by atoms with Crippen molar-refractivity contribution in [2.45, 2.75) is 44.7 Å². The molecule has 187 valence electrons. The van der Waals surface area contributed by atoms with E-state index in [1.165, 1.54) is 17.1 Å². The normalized spacial score (nSPS) is 15.9. The van der Waals surface area contributed by atoms with Gasteiger partial charge in [0.25, 0.3) is 5.91 Å². The largest absolute Gasteiger partial charge is 0.497 e. The molecule has 1 heterocycles. The summed E-state index contributed by atoms with van der Waals surface area (Å²) in [5.74, 6) is 0.744. The number of likely N-dealkylation sites (tertiary alicyclic amines) is 1. The molecular weight excluding hydrogens is 452 g/mol. The molecule has 0 aromatic heterocycles. The number of ether oxygens (including phenoxy) is 1. The monoisotopic (exact) mass is 485 g/mol. The molecule has 1 unspecified atom stereocenters. The lowest BCUT2D eigenvalue weighted by molar-refractivity contribution is -0.123. The summed E-state index contributed by atoms with van der Waals surface area (Å²) < 4.78 is 42.7. The number of methoxy groups -OCH3 is 1. The number of nitrogens with zero attached hydrogens (tertiary/aromatic N) is 1. The quantitative estimate of drug-likeness (QED) is 0.401. The van der Waals surface area contributed by atoms with Crippen molar-refractivity contribution in [3.8, 4) is 5.75 Å². The molecule has 0 aliphatic carbocycles. The number of hydrogen-bond acceptors (Lipinski definition) is 3. The second kappa shape index (κ2) is 12.3. The van der Waals surface area contributed by atoms with E-state index in [9.17, 15) is 18.0 Å². The van der Waals surface area contributed by atoms with Crippen LogP contribution in [-0.4, -0.2) is 57.0 Å². The van der Waals surface area contributed by atoms with Crippen molar-refractivity contribution in [1.82, 2.24) is 10.2 Å². The fraction of sp³-hybridized carbons (Fsp3) is 0.444. The Morgan fingerprint density at radius 3 is 2.63 bits per heavy atom. The van der Waals surface area contributed by atoms with Crippen molar-refractivity contribution in [2.24, 2.45) is 5.92 Å². The SMILES string of the molecule is C=CC(Cc1cccc(C(=O)NCC(F)(F)F)c1)N1CCC(Cc2cc(OC)ccc2[B]C)CC1. The van der Waals surface area contributed by atoms with Crippen molar-refractivity contribution < 1.29 is 22.7 Å². The van der Waals surface area contributed by atoms with Crippen LogP contribution in [0.15, 0.2) is 55.1 Å². The van der Waals surface area contributed by atoms with Gasteiger partial charge in [-0.1, -0.05) is 42.1 Å². The van der Waals surface area contributed by atoms with Crippen LogP contribution in [0.2, 0.25) is 6.82 Å². The fourth-order valence-electron chi connectivity index (χ4n) is 4.69. The molecule has 2 aromatic rings. The van der Waals surface area contributed by atoms with E-state index >= 15 is 0 Å². The number of amides is 1. The van der Waals surface area contributed by atoms with Gasteiger partial charge in [0, 0.05) is 11.6 Å². The molecule has 2 aromatic carbocycles. The van der Waals surface area contributed by atoms with Crippen molar-refractivity contribution in [1.29, 1.82) is 0 Å². The number of halogens is 3. The molecule has 0 spiro atoms. The lowest BCUT2D eigenvalue weighted by Crippen LogP contribution is -2.42. The summed E-state index contributed by atoms with van der Waals surface area (Å²) in [6, 6.07) is 13.1. The Labute approximate surface area is 206 Å². The average Bonchev–Trinajstić information content (AvgIpc) is 2.86. The Kier molecular flexibility index (Phi) is 9.44. The molecule has 8 heteroatoms. The highest BCUT2D eigenvalue weighted by Gasteiger charge is 2.28. The molecule has 3 rings (SSSR count). The minimum atomic E-state index is -4.43. The van der Waals surface area contributed by atoms with Crippen molar-refractivity contribution in [3.05, 3.63) is 71.8 Å².